The first-order chi connectivity index (χ1) is 19.3. The van der Waals surface area contributed by atoms with Gasteiger partial charge in [-0.15, -0.1) is 0 Å². The number of hydrogen-bond acceptors (Lipinski definition) is 9. The molecule has 11 heteroatoms. The second kappa shape index (κ2) is 10.2. The van der Waals surface area contributed by atoms with E-state index in [0.29, 0.717) is 17.7 Å². The van der Waals surface area contributed by atoms with Gasteiger partial charge in [0.05, 0.1) is 17.5 Å². The minimum atomic E-state index is -2.75. The molecule has 0 aromatic heterocycles. The summed E-state index contributed by atoms with van der Waals surface area (Å²) in [6.45, 7) is 2.20. The molecule has 10 nitrogen and oxygen atoms in total. The Balaban J connectivity index is 1.51. The molecule has 3 aliphatic carbocycles. The molecule has 5 N–H and O–H groups in total. The van der Waals surface area contributed by atoms with Crippen molar-refractivity contribution in [1.82, 2.24) is 10.2 Å². The van der Waals surface area contributed by atoms with Gasteiger partial charge in [0, 0.05) is 18.5 Å². The molecule has 3 unspecified atom stereocenters. The first kappa shape index (κ1) is 28.7. The number of nitrogens with one attached hydrogen (secondary N) is 1. The predicted octanol–water partition coefficient (Wildman–Crippen LogP) is 0.857. The molecule has 2 saturated carbocycles. The highest BCUT2D eigenvalue weighted by Crippen LogP contribution is 2.51. The van der Waals surface area contributed by atoms with Crippen LogP contribution in [0.3, 0.4) is 0 Å². The topological polar surface area (TPSA) is 167 Å². The zero-order chi connectivity index (χ0) is 30.0. The van der Waals surface area contributed by atoms with Gasteiger partial charge >= 0.3 is 0 Å². The lowest BCUT2D eigenvalue weighted by Gasteiger charge is -2.52. The van der Waals surface area contributed by atoms with Crippen LogP contribution in [0.1, 0.15) is 46.4 Å². The summed E-state index contributed by atoms with van der Waals surface area (Å²) in [7, 11) is 3.08. The van der Waals surface area contributed by atoms with Gasteiger partial charge in [-0.3, -0.25) is 28.9 Å². The Bertz CT molecular complexity index is 1470. The number of primary amides is 1. The van der Waals surface area contributed by atoms with Crippen molar-refractivity contribution >= 4 is 29.0 Å². The molecule has 0 spiro atoms. The normalized spacial score (nSPS) is 30.0. The van der Waals surface area contributed by atoms with Crippen LogP contribution in [0.2, 0.25) is 0 Å². The largest absolute Gasteiger partial charge is 0.507 e. The van der Waals surface area contributed by atoms with Crippen LogP contribution >= 0.6 is 0 Å². The van der Waals surface area contributed by atoms with E-state index in [1.807, 2.05) is 6.92 Å². The van der Waals surface area contributed by atoms with E-state index in [0.717, 1.165) is 5.56 Å². The third kappa shape index (κ3) is 4.39. The van der Waals surface area contributed by atoms with Gasteiger partial charge in [-0.2, -0.15) is 0 Å². The molecule has 3 aliphatic rings. The van der Waals surface area contributed by atoms with E-state index >= 15 is 0 Å². The summed E-state index contributed by atoms with van der Waals surface area (Å²) >= 11 is 0. The van der Waals surface area contributed by atoms with Gasteiger partial charge < -0.3 is 21.3 Å². The maximum Gasteiger partial charge on any atom is 0.235 e. The number of rotatable bonds is 6. The number of halogens is 1. The number of ketones is 4. The smallest absolute Gasteiger partial charge is 0.235 e. The fraction of sp³-hybridized carbons (Fsp3) is 0.433. The maximum absolute atomic E-state index is 13.9. The van der Waals surface area contributed by atoms with Crippen molar-refractivity contribution in [1.29, 1.82) is 0 Å². The molecule has 1 amide bonds. The van der Waals surface area contributed by atoms with Gasteiger partial charge in [-0.25, -0.2) is 4.39 Å². The highest BCUT2D eigenvalue weighted by atomic mass is 19.1. The predicted molar refractivity (Wildman–Crippen MR) is 143 cm³/mol. The molecule has 216 valence electrons. The lowest BCUT2D eigenvalue weighted by atomic mass is 9.52. The van der Waals surface area contributed by atoms with Gasteiger partial charge in [0.15, 0.2) is 34.7 Å². The van der Waals surface area contributed by atoms with Crippen molar-refractivity contribution in [2.75, 3.05) is 14.1 Å². The number of Topliss-reactive ketones (excluding diaryl/α,β-unsaturated/α-hetero) is 4. The Hall–Kier alpha value is -3.80. The average Bonchev–Trinajstić information content (AvgIpc) is 2.90. The molecule has 7 atom stereocenters. The van der Waals surface area contributed by atoms with Crippen molar-refractivity contribution in [3.05, 3.63) is 64.5 Å². The van der Waals surface area contributed by atoms with Crippen molar-refractivity contribution < 1.29 is 38.6 Å². The van der Waals surface area contributed by atoms with E-state index in [1.54, 1.807) is 32.3 Å². The van der Waals surface area contributed by atoms with Crippen LogP contribution in [0, 0.1) is 29.5 Å². The van der Waals surface area contributed by atoms with Crippen LogP contribution in [0.5, 0.6) is 5.75 Å². The number of nitrogens with zero attached hydrogens (tertiary/aromatic N) is 1. The quantitative estimate of drug-likeness (QED) is 0.372. The van der Waals surface area contributed by atoms with Crippen LogP contribution in [0.25, 0.3) is 0 Å². The molecule has 2 fully saturated rings. The van der Waals surface area contributed by atoms with Gasteiger partial charge in [-0.05, 0) is 74.7 Å². The summed E-state index contributed by atoms with van der Waals surface area (Å²) in [6, 6.07) is 7.78. The van der Waals surface area contributed by atoms with E-state index < -0.39 is 64.4 Å². The molecular formula is C30H32FN3O7. The molecule has 2 aromatic carbocycles. The summed E-state index contributed by atoms with van der Waals surface area (Å²) in [4.78, 5) is 67.8. The lowest BCUT2D eigenvalue weighted by Crippen LogP contribution is -2.74. The Morgan fingerprint density at radius 3 is 2.39 bits per heavy atom. The summed E-state index contributed by atoms with van der Waals surface area (Å²) in [5.41, 5.74) is 4.64. The summed E-state index contributed by atoms with van der Waals surface area (Å²) in [5.74, 6) is -11.1. The molecular weight excluding hydrogens is 533 g/mol. The maximum atomic E-state index is 13.9. The average molecular weight is 566 g/mol. The molecule has 2 aromatic rings. The number of nitrogens with two attached hydrogens (primary N) is 1. The standard InChI is InChI=1S/C30H32FN3O7/c1-13(14-4-7-17(31)8-5-14)33-12-15-6-9-20(35)22-18(15)10-16-11-19-24(34(2)3)26(37)23(29(32)40)28(39)30(19,41)27(38)21(16)25(22)36/h4-9,13,16,19,21,23-24,33,35,41H,10-12H2,1-3H3,(H2,32,40)/t13?,16-,19-,21?,23?,24-,30-/m0/s1. The zero-order valence-corrected chi connectivity index (χ0v) is 22.9. The molecule has 0 bridgehead atoms. The van der Waals surface area contributed by atoms with E-state index in [4.69, 9.17) is 5.73 Å². The molecule has 0 aliphatic heterocycles. The van der Waals surface area contributed by atoms with Crippen LogP contribution in [0.4, 0.5) is 4.39 Å². The van der Waals surface area contributed by atoms with E-state index in [1.165, 1.54) is 23.1 Å². The zero-order valence-electron chi connectivity index (χ0n) is 22.9. The third-order valence-corrected chi connectivity index (χ3v) is 9.01. The number of aliphatic hydroxyl groups is 1. The number of aromatic hydroxyl groups is 1. The fourth-order valence-electron chi connectivity index (χ4n) is 6.97. The summed E-state index contributed by atoms with van der Waals surface area (Å²) < 4.78 is 13.3. The minimum absolute atomic E-state index is 0.0155. The first-order valence-corrected chi connectivity index (χ1v) is 13.5. The number of carbonyl (C=O) groups excluding carboxylic acids is 5. The molecule has 5 rings (SSSR count). The van der Waals surface area contributed by atoms with Crippen LogP contribution in [-0.2, 0) is 32.1 Å². The first-order valence-electron chi connectivity index (χ1n) is 13.5. The number of hydrogen-bond donors (Lipinski definition) is 4. The number of phenols is 1. The van der Waals surface area contributed by atoms with Gasteiger partial charge in [-0.1, -0.05) is 18.2 Å². The summed E-state index contributed by atoms with van der Waals surface area (Å²) in [6.07, 6.45) is 0.167. The number of phenolic OH excluding ortho intramolecular Hbond substituents is 1. The van der Waals surface area contributed by atoms with Gasteiger partial charge in [0.2, 0.25) is 5.91 Å². The Kier molecular flexibility index (Phi) is 7.17. The van der Waals surface area contributed by atoms with Crippen molar-refractivity contribution in [2.24, 2.45) is 29.4 Å². The van der Waals surface area contributed by atoms with Gasteiger partial charge in [0.1, 0.15) is 11.6 Å². The van der Waals surface area contributed by atoms with Gasteiger partial charge in [0.25, 0.3) is 0 Å². The SMILES string of the molecule is CC(NCc1ccc(O)c2c1C[C@H]1C[C@H]3[C@H](N(C)C)C(=O)C(C(N)=O)C(=O)[C@@]3(O)C(=O)C1C2=O)c1ccc(F)cc1. The number of amides is 1. The molecule has 0 radical (unpaired) electrons. The summed E-state index contributed by atoms with van der Waals surface area (Å²) in [5, 5.41) is 25.7. The van der Waals surface area contributed by atoms with E-state index in [-0.39, 0.29) is 36.0 Å². The van der Waals surface area contributed by atoms with Crippen molar-refractivity contribution in [3.8, 4) is 5.75 Å². The van der Waals surface area contributed by atoms with Crippen LogP contribution < -0.4 is 11.1 Å². The third-order valence-electron chi connectivity index (χ3n) is 9.01. The molecule has 41 heavy (non-hydrogen) atoms. The lowest BCUT2D eigenvalue weighted by molar-refractivity contribution is -0.181. The van der Waals surface area contributed by atoms with Crippen molar-refractivity contribution in [3.63, 3.8) is 0 Å². The van der Waals surface area contributed by atoms with E-state index in [2.05, 4.69) is 5.32 Å². The van der Waals surface area contributed by atoms with Crippen LogP contribution in [-0.4, -0.2) is 69.9 Å². The molecule has 0 heterocycles. The number of fused-ring (bicyclic) bond motifs is 3. The number of benzene rings is 2. The monoisotopic (exact) mass is 565 g/mol. The second-order valence-corrected chi connectivity index (χ2v) is 11.5. The van der Waals surface area contributed by atoms with E-state index in [9.17, 15) is 38.6 Å². The number of likely N-dealkylation sites (N-methyl/N-ethyl adjacent to an activating group) is 1. The molecule has 0 saturated heterocycles. The number of carbonyl (C=O) groups is 5. The highest BCUT2D eigenvalue weighted by molar-refractivity contribution is 6.32. The second-order valence-electron chi connectivity index (χ2n) is 11.5. The Morgan fingerprint density at radius 1 is 1.12 bits per heavy atom. The highest BCUT2D eigenvalue weighted by Gasteiger charge is 2.69. The minimum Gasteiger partial charge on any atom is -0.507 e. The van der Waals surface area contributed by atoms with Crippen molar-refractivity contribution in [2.45, 2.75) is 44.0 Å². The van der Waals surface area contributed by atoms with Crippen LogP contribution in [0.15, 0.2) is 36.4 Å². The Labute approximate surface area is 235 Å². The Morgan fingerprint density at radius 2 is 1.78 bits per heavy atom. The fourth-order valence-corrected chi connectivity index (χ4v) is 6.97.